The number of carbonyl (C=O) groups excluding carboxylic acids is 1. The van der Waals surface area contributed by atoms with Gasteiger partial charge in [-0.15, -0.1) is 12.4 Å². The Labute approximate surface area is 166 Å². The molecule has 1 fully saturated rings. The Balaban J connectivity index is 0.00000261. The van der Waals surface area contributed by atoms with Crippen molar-refractivity contribution in [3.8, 4) is 5.75 Å². The Morgan fingerprint density at radius 3 is 2.44 bits per heavy atom. The maximum absolute atomic E-state index is 12.5. The molecule has 148 valence electrons. The third kappa shape index (κ3) is 5.68. The van der Waals surface area contributed by atoms with Crippen molar-refractivity contribution in [3.05, 3.63) is 35.7 Å². The van der Waals surface area contributed by atoms with Crippen LogP contribution in [0.2, 0.25) is 0 Å². The summed E-state index contributed by atoms with van der Waals surface area (Å²) in [7, 11) is 1.80. The minimum Gasteiger partial charge on any atom is -0.488 e. The van der Waals surface area contributed by atoms with E-state index in [-0.39, 0.29) is 23.9 Å². The van der Waals surface area contributed by atoms with Crippen molar-refractivity contribution >= 4 is 24.3 Å². The van der Waals surface area contributed by atoms with Gasteiger partial charge in [0.25, 0.3) is 5.91 Å². The molecule has 0 aliphatic carbocycles. The van der Waals surface area contributed by atoms with Crippen LogP contribution in [0, 0.1) is 0 Å². The fourth-order valence-electron chi connectivity index (χ4n) is 2.97. The van der Waals surface area contributed by atoms with Crippen LogP contribution in [-0.4, -0.2) is 39.4 Å². The molecule has 0 atom stereocenters. The molecule has 1 saturated heterocycles. The van der Waals surface area contributed by atoms with E-state index in [0.717, 1.165) is 37.5 Å². The van der Waals surface area contributed by atoms with E-state index in [9.17, 15) is 4.79 Å². The number of aromatic nitrogens is 3. The number of aryl methyl sites for hydroxylation is 1. The first-order valence-corrected chi connectivity index (χ1v) is 9.04. The van der Waals surface area contributed by atoms with Gasteiger partial charge >= 0.3 is 0 Å². The standard InChI is InChI=1S/C19H27N5O2.ClH/c1-19(2,3)26-15-7-5-14(6-8-15)17(25)22-18-21-16(23-24(18)4)13-9-11-20-12-10-13;/h5-8,13,20H,9-12H2,1-4H3,(H,21,22,23,25);1H. The molecule has 2 N–H and O–H groups in total. The van der Waals surface area contributed by atoms with Crippen LogP contribution < -0.4 is 15.4 Å². The third-order valence-electron chi connectivity index (χ3n) is 4.25. The second-order valence-corrected chi connectivity index (χ2v) is 7.63. The van der Waals surface area contributed by atoms with Gasteiger partial charge in [0.2, 0.25) is 5.95 Å². The van der Waals surface area contributed by atoms with E-state index < -0.39 is 0 Å². The van der Waals surface area contributed by atoms with Crippen LogP contribution in [0.4, 0.5) is 5.95 Å². The van der Waals surface area contributed by atoms with Crippen LogP contribution in [-0.2, 0) is 7.05 Å². The van der Waals surface area contributed by atoms with Crippen LogP contribution >= 0.6 is 12.4 Å². The van der Waals surface area contributed by atoms with Crippen LogP contribution in [0.3, 0.4) is 0 Å². The molecule has 0 unspecified atom stereocenters. The summed E-state index contributed by atoms with van der Waals surface area (Å²) in [5.41, 5.74) is 0.283. The highest BCUT2D eigenvalue weighted by Gasteiger charge is 2.21. The summed E-state index contributed by atoms with van der Waals surface area (Å²) in [4.78, 5) is 17.0. The average Bonchev–Trinajstić information content (AvgIpc) is 2.95. The number of halogens is 1. The normalized spacial score (nSPS) is 15.1. The number of nitrogens with one attached hydrogen (secondary N) is 2. The zero-order chi connectivity index (χ0) is 18.7. The fourth-order valence-corrected chi connectivity index (χ4v) is 2.97. The summed E-state index contributed by atoms with van der Waals surface area (Å²) in [5.74, 6) is 2.15. The van der Waals surface area contributed by atoms with Crippen molar-refractivity contribution in [2.24, 2.45) is 7.05 Å². The smallest absolute Gasteiger partial charge is 0.258 e. The quantitative estimate of drug-likeness (QED) is 0.834. The summed E-state index contributed by atoms with van der Waals surface area (Å²) in [6, 6.07) is 7.11. The van der Waals surface area contributed by atoms with E-state index >= 15 is 0 Å². The number of rotatable bonds is 4. The first-order valence-electron chi connectivity index (χ1n) is 9.04. The molecule has 1 aliphatic rings. The van der Waals surface area contributed by atoms with E-state index in [0.29, 0.717) is 17.4 Å². The molecule has 27 heavy (non-hydrogen) atoms. The van der Waals surface area contributed by atoms with Gasteiger partial charge < -0.3 is 10.1 Å². The number of benzene rings is 1. The van der Waals surface area contributed by atoms with Gasteiger partial charge in [0.1, 0.15) is 11.4 Å². The van der Waals surface area contributed by atoms with Gasteiger partial charge in [-0.1, -0.05) is 0 Å². The lowest BCUT2D eigenvalue weighted by molar-refractivity contribution is 0.102. The Hall–Kier alpha value is -2.12. The van der Waals surface area contributed by atoms with Crippen molar-refractivity contribution in [1.82, 2.24) is 20.1 Å². The fraction of sp³-hybridized carbons (Fsp3) is 0.526. The number of hydrogen-bond acceptors (Lipinski definition) is 5. The van der Waals surface area contributed by atoms with Crippen LogP contribution in [0.25, 0.3) is 0 Å². The first-order chi connectivity index (χ1) is 12.3. The zero-order valence-electron chi connectivity index (χ0n) is 16.3. The molecule has 0 bridgehead atoms. The Morgan fingerprint density at radius 1 is 1.22 bits per heavy atom. The molecule has 0 spiro atoms. The predicted molar refractivity (Wildman–Crippen MR) is 108 cm³/mol. The molecular weight excluding hydrogens is 366 g/mol. The van der Waals surface area contributed by atoms with Crippen molar-refractivity contribution in [3.63, 3.8) is 0 Å². The molecule has 1 aromatic carbocycles. The number of piperidine rings is 1. The Bertz CT molecular complexity index is 761. The molecule has 8 heteroatoms. The molecule has 0 radical (unpaired) electrons. The molecule has 1 aromatic heterocycles. The number of anilines is 1. The van der Waals surface area contributed by atoms with E-state index in [2.05, 4.69) is 20.7 Å². The maximum Gasteiger partial charge on any atom is 0.258 e. The van der Waals surface area contributed by atoms with Gasteiger partial charge in [0.05, 0.1) is 0 Å². The second kappa shape index (κ2) is 8.71. The zero-order valence-corrected chi connectivity index (χ0v) is 17.1. The summed E-state index contributed by atoms with van der Waals surface area (Å²) in [5, 5.41) is 10.7. The summed E-state index contributed by atoms with van der Waals surface area (Å²) in [6.07, 6.45) is 2.04. The molecule has 1 aliphatic heterocycles. The highest BCUT2D eigenvalue weighted by Crippen LogP contribution is 2.23. The Kier molecular flexibility index (Phi) is 6.84. The second-order valence-electron chi connectivity index (χ2n) is 7.63. The van der Waals surface area contributed by atoms with Crippen molar-refractivity contribution < 1.29 is 9.53 Å². The highest BCUT2D eigenvalue weighted by atomic mass is 35.5. The van der Waals surface area contributed by atoms with Crippen LogP contribution in [0.5, 0.6) is 5.75 Å². The first kappa shape index (κ1) is 21.2. The SMILES string of the molecule is Cl.Cn1nc(C2CCNCC2)nc1NC(=O)c1ccc(OC(C)(C)C)cc1. The van der Waals surface area contributed by atoms with Gasteiger partial charge in [-0.25, -0.2) is 4.68 Å². The van der Waals surface area contributed by atoms with E-state index in [1.807, 2.05) is 20.8 Å². The van der Waals surface area contributed by atoms with E-state index in [1.54, 1.807) is 36.0 Å². The van der Waals surface area contributed by atoms with Gasteiger partial charge in [-0.05, 0) is 71.0 Å². The molecule has 3 rings (SSSR count). The third-order valence-corrected chi connectivity index (χ3v) is 4.25. The van der Waals surface area contributed by atoms with Crippen LogP contribution in [0.1, 0.15) is 55.7 Å². The lowest BCUT2D eigenvalue weighted by atomic mass is 9.98. The predicted octanol–water partition coefficient (Wildman–Crippen LogP) is 3.13. The lowest BCUT2D eigenvalue weighted by Crippen LogP contribution is -2.27. The molecule has 0 saturated carbocycles. The number of carbonyl (C=O) groups is 1. The number of hydrogen-bond donors (Lipinski definition) is 2. The van der Waals surface area contributed by atoms with Crippen LogP contribution in [0.15, 0.2) is 24.3 Å². The molecule has 1 amide bonds. The maximum atomic E-state index is 12.5. The summed E-state index contributed by atoms with van der Waals surface area (Å²) in [6.45, 7) is 7.92. The Morgan fingerprint density at radius 2 is 1.85 bits per heavy atom. The molecular formula is C19H28ClN5O2. The lowest BCUT2D eigenvalue weighted by Gasteiger charge is -2.21. The van der Waals surface area contributed by atoms with Crippen molar-refractivity contribution in [2.45, 2.75) is 45.1 Å². The van der Waals surface area contributed by atoms with E-state index in [1.165, 1.54) is 0 Å². The molecule has 2 aromatic rings. The van der Waals surface area contributed by atoms with Gasteiger partial charge in [0.15, 0.2) is 5.82 Å². The summed E-state index contributed by atoms with van der Waals surface area (Å²) < 4.78 is 7.41. The average molecular weight is 394 g/mol. The minimum atomic E-state index is -0.270. The molecule has 7 nitrogen and oxygen atoms in total. The largest absolute Gasteiger partial charge is 0.488 e. The molecule has 2 heterocycles. The minimum absolute atomic E-state index is 0. The van der Waals surface area contributed by atoms with Gasteiger partial charge in [-0.2, -0.15) is 10.1 Å². The topological polar surface area (TPSA) is 81.1 Å². The van der Waals surface area contributed by atoms with E-state index in [4.69, 9.17) is 4.74 Å². The van der Waals surface area contributed by atoms with Gasteiger partial charge in [0, 0.05) is 18.5 Å². The monoisotopic (exact) mass is 393 g/mol. The van der Waals surface area contributed by atoms with Crippen molar-refractivity contribution in [1.29, 1.82) is 0 Å². The number of amides is 1. The highest BCUT2D eigenvalue weighted by molar-refractivity contribution is 6.03. The number of ether oxygens (including phenoxy) is 1. The van der Waals surface area contributed by atoms with Crippen molar-refractivity contribution in [2.75, 3.05) is 18.4 Å². The van der Waals surface area contributed by atoms with Gasteiger partial charge in [-0.3, -0.25) is 10.1 Å². The summed E-state index contributed by atoms with van der Waals surface area (Å²) >= 11 is 0. The number of nitrogens with zero attached hydrogens (tertiary/aromatic N) is 3.